The van der Waals surface area contributed by atoms with Crippen LogP contribution in [0.3, 0.4) is 0 Å². The van der Waals surface area contributed by atoms with Crippen LogP contribution in [0.2, 0.25) is 0 Å². The maximum Gasteiger partial charge on any atom is 0.197 e. The van der Waals surface area contributed by atoms with E-state index in [0.29, 0.717) is 6.04 Å². The molecular weight excluding hydrogens is 200 g/mol. The first kappa shape index (κ1) is 9.85. The predicted molar refractivity (Wildman–Crippen MR) is 63.3 cm³/mol. The molecule has 1 saturated carbocycles. The van der Waals surface area contributed by atoms with Gasteiger partial charge in [-0.2, -0.15) is 0 Å². The van der Waals surface area contributed by atoms with E-state index < -0.39 is 0 Å². The second-order valence-electron chi connectivity index (χ2n) is 4.51. The van der Waals surface area contributed by atoms with Crippen LogP contribution in [0, 0.1) is 5.92 Å². The fraction of sp³-hybridized carbons (Fsp3) is 0.462. The van der Waals surface area contributed by atoms with Crippen LogP contribution in [0.5, 0.6) is 0 Å². The van der Waals surface area contributed by atoms with Crippen LogP contribution in [0.1, 0.15) is 18.7 Å². The summed E-state index contributed by atoms with van der Waals surface area (Å²) in [5, 5.41) is 3.36. The SMILES string of the molecule is CNC(Cc1nc2ccccc2o1)C1CC1. The minimum atomic E-state index is 0.521. The molecule has 84 valence electrons. The molecule has 1 atom stereocenters. The lowest BCUT2D eigenvalue weighted by atomic mass is 10.1. The van der Waals surface area contributed by atoms with Gasteiger partial charge in [0.1, 0.15) is 5.52 Å². The van der Waals surface area contributed by atoms with Crippen LogP contribution < -0.4 is 5.32 Å². The molecule has 0 aliphatic heterocycles. The van der Waals surface area contributed by atoms with Crippen molar-refractivity contribution in [1.82, 2.24) is 10.3 Å². The van der Waals surface area contributed by atoms with Crippen LogP contribution in [0.25, 0.3) is 11.1 Å². The van der Waals surface area contributed by atoms with E-state index in [2.05, 4.69) is 10.3 Å². The number of benzene rings is 1. The molecule has 1 unspecified atom stereocenters. The summed E-state index contributed by atoms with van der Waals surface area (Å²) in [5.41, 5.74) is 1.85. The van der Waals surface area contributed by atoms with Crippen molar-refractivity contribution in [3.63, 3.8) is 0 Å². The average molecular weight is 216 g/mol. The zero-order valence-electron chi connectivity index (χ0n) is 9.44. The lowest BCUT2D eigenvalue weighted by Gasteiger charge is -2.12. The molecule has 1 heterocycles. The normalized spacial score (nSPS) is 17.8. The summed E-state index contributed by atoms with van der Waals surface area (Å²) in [6.45, 7) is 0. The maximum absolute atomic E-state index is 5.73. The Morgan fingerprint density at radius 3 is 2.94 bits per heavy atom. The number of likely N-dealkylation sites (N-methyl/N-ethyl adjacent to an activating group) is 1. The Morgan fingerprint density at radius 1 is 1.44 bits per heavy atom. The number of rotatable bonds is 4. The Kier molecular flexibility index (Phi) is 2.40. The molecule has 1 aliphatic rings. The molecule has 1 N–H and O–H groups in total. The number of oxazole rings is 1. The molecule has 3 rings (SSSR count). The van der Waals surface area contributed by atoms with Gasteiger partial charge in [-0.1, -0.05) is 12.1 Å². The van der Waals surface area contributed by atoms with E-state index in [1.54, 1.807) is 0 Å². The first-order valence-corrected chi connectivity index (χ1v) is 5.88. The van der Waals surface area contributed by atoms with Gasteiger partial charge in [0.25, 0.3) is 0 Å². The fourth-order valence-corrected chi connectivity index (χ4v) is 2.20. The monoisotopic (exact) mass is 216 g/mol. The third-order valence-electron chi connectivity index (χ3n) is 3.29. The number of nitrogens with one attached hydrogen (secondary N) is 1. The quantitative estimate of drug-likeness (QED) is 0.852. The van der Waals surface area contributed by atoms with E-state index in [1.165, 1.54) is 12.8 Å². The van der Waals surface area contributed by atoms with E-state index >= 15 is 0 Å². The average Bonchev–Trinajstić information content (AvgIpc) is 3.06. The van der Waals surface area contributed by atoms with Crippen LogP contribution in [-0.2, 0) is 6.42 Å². The van der Waals surface area contributed by atoms with Gasteiger partial charge < -0.3 is 9.73 Å². The predicted octanol–water partition coefficient (Wildman–Crippen LogP) is 2.37. The maximum atomic E-state index is 5.73. The Bertz CT molecular complexity index is 454. The van der Waals surface area contributed by atoms with Crippen LogP contribution in [0.15, 0.2) is 28.7 Å². The number of para-hydroxylation sites is 2. The van der Waals surface area contributed by atoms with Gasteiger partial charge in [0, 0.05) is 12.5 Å². The largest absolute Gasteiger partial charge is 0.441 e. The summed E-state index contributed by atoms with van der Waals surface area (Å²) < 4.78 is 5.73. The number of aromatic nitrogens is 1. The van der Waals surface area contributed by atoms with Gasteiger partial charge in [0.15, 0.2) is 11.5 Å². The second-order valence-corrected chi connectivity index (χ2v) is 4.51. The molecule has 0 saturated heterocycles. The van der Waals surface area contributed by atoms with Crippen molar-refractivity contribution < 1.29 is 4.42 Å². The Labute approximate surface area is 94.9 Å². The topological polar surface area (TPSA) is 38.1 Å². The minimum absolute atomic E-state index is 0.521. The van der Waals surface area contributed by atoms with Crippen molar-refractivity contribution in [2.45, 2.75) is 25.3 Å². The molecule has 0 spiro atoms. The summed E-state index contributed by atoms with van der Waals surface area (Å²) in [6.07, 6.45) is 3.58. The highest BCUT2D eigenvalue weighted by Gasteiger charge is 2.31. The molecule has 0 radical (unpaired) electrons. The summed E-state index contributed by atoms with van der Waals surface area (Å²) in [4.78, 5) is 4.50. The van der Waals surface area contributed by atoms with Gasteiger partial charge in [-0.05, 0) is 37.9 Å². The Hall–Kier alpha value is -1.35. The second kappa shape index (κ2) is 3.91. The molecule has 1 fully saturated rings. The van der Waals surface area contributed by atoms with Gasteiger partial charge >= 0.3 is 0 Å². The van der Waals surface area contributed by atoms with Gasteiger partial charge in [0.2, 0.25) is 0 Å². The van der Waals surface area contributed by atoms with Crippen molar-refractivity contribution in [2.24, 2.45) is 5.92 Å². The Morgan fingerprint density at radius 2 is 2.25 bits per heavy atom. The van der Waals surface area contributed by atoms with E-state index in [-0.39, 0.29) is 0 Å². The zero-order valence-corrected chi connectivity index (χ0v) is 9.44. The summed E-state index contributed by atoms with van der Waals surface area (Å²) in [7, 11) is 2.02. The van der Waals surface area contributed by atoms with Crippen molar-refractivity contribution >= 4 is 11.1 Å². The number of nitrogens with zero attached hydrogens (tertiary/aromatic N) is 1. The molecule has 1 aliphatic carbocycles. The first-order chi connectivity index (χ1) is 7.86. The Balaban J connectivity index is 1.82. The molecule has 2 aromatic rings. The van der Waals surface area contributed by atoms with E-state index in [9.17, 15) is 0 Å². The van der Waals surface area contributed by atoms with Crippen LogP contribution in [-0.4, -0.2) is 18.1 Å². The highest BCUT2D eigenvalue weighted by molar-refractivity contribution is 5.72. The third-order valence-corrected chi connectivity index (χ3v) is 3.29. The van der Waals surface area contributed by atoms with Gasteiger partial charge in [-0.15, -0.1) is 0 Å². The highest BCUT2D eigenvalue weighted by Crippen LogP contribution is 2.34. The molecule has 0 amide bonds. The lowest BCUT2D eigenvalue weighted by Crippen LogP contribution is -2.29. The van der Waals surface area contributed by atoms with Crippen LogP contribution in [0.4, 0.5) is 0 Å². The molecule has 0 bridgehead atoms. The number of fused-ring (bicyclic) bond motifs is 1. The molecule has 3 nitrogen and oxygen atoms in total. The fourth-order valence-electron chi connectivity index (χ4n) is 2.20. The third kappa shape index (κ3) is 1.83. The van der Waals surface area contributed by atoms with Crippen molar-refractivity contribution in [3.05, 3.63) is 30.2 Å². The van der Waals surface area contributed by atoms with Crippen molar-refractivity contribution in [3.8, 4) is 0 Å². The van der Waals surface area contributed by atoms with Gasteiger partial charge in [-0.3, -0.25) is 0 Å². The van der Waals surface area contributed by atoms with Crippen LogP contribution >= 0.6 is 0 Å². The minimum Gasteiger partial charge on any atom is -0.441 e. The number of hydrogen-bond donors (Lipinski definition) is 1. The molecule has 1 aromatic carbocycles. The van der Waals surface area contributed by atoms with Gasteiger partial charge in [-0.25, -0.2) is 4.98 Å². The molecular formula is C13H16N2O. The standard InChI is InChI=1S/C13H16N2O/c1-14-11(9-6-7-9)8-13-15-10-4-2-3-5-12(10)16-13/h2-5,9,11,14H,6-8H2,1H3. The van der Waals surface area contributed by atoms with E-state index in [4.69, 9.17) is 4.42 Å². The van der Waals surface area contributed by atoms with E-state index in [0.717, 1.165) is 29.3 Å². The smallest absolute Gasteiger partial charge is 0.197 e. The number of hydrogen-bond acceptors (Lipinski definition) is 3. The van der Waals surface area contributed by atoms with Gasteiger partial charge in [0.05, 0.1) is 0 Å². The van der Waals surface area contributed by atoms with E-state index in [1.807, 2.05) is 31.3 Å². The molecule has 3 heteroatoms. The zero-order chi connectivity index (χ0) is 11.0. The van der Waals surface area contributed by atoms with Crippen molar-refractivity contribution in [1.29, 1.82) is 0 Å². The molecule has 1 aromatic heterocycles. The summed E-state index contributed by atoms with van der Waals surface area (Å²) in [5.74, 6) is 1.67. The highest BCUT2D eigenvalue weighted by atomic mass is 16.3. The lowest BCUT2D eigenvalue weighted by molar-refractivity contribution is 0.434. The summed E-state index contributed by atoms with van der Waals surface area (Å²) >= 11 is 0. The van der Waals surface area contributed by atoms with Crippen molar-refractivity contribution in [2.75, 3.05) is 7.05 Å². The molecule has 16 heavy (non-hydrogen) atoms. The summed E-state index contributed by atoms with van der Waals surface area (Å²) in [6, 6.07) is 8.46. The first-order valence-electron chi connectivity index (χ1n) is 5.88.